The second-order valence-electron chi connectivity index (χ2n) is 7.66. The van der Waals surface area contributed by atoms with Crippen LogP contribution in [0.5, 0.6) is 11.5 Å². The Morgan fingerprint density at radius 2 is 1.88 bits per heavy atom. The smallest absolute Gasteiger partial charge is 0.161 e. The number of nitrogens with one attached hydrogen (secondary N) is 1. The summed E-state index contributed by atoms with van der Waals surface area (Å²) in [4.78, 5) is 0. The zero-order valence-corrected chi connectivity index (χ0v) is 15.9. The first-order valence-electron chi connectivity index (χ1n) is 9.60. The van der Waals surface area contributed by atoms with Gasteiger partial charge in [-0.15, -0.1) is 0 Å². The van der Waals surface area contributed by atoms with Crippen molar-refractivity contribution in [1.82, 2.24) is 10.5 Å². The minimum absolute atomic E-state index is 0.431. The summed E-state index contributed by atoms with van der Waals surface area (Å²) in [5.41, 5.74) is 3.10. The topological polar surface area (TPSA) is 56.5 Å². The molecule has 5 heteroatoms. The molecule has 0 unspecified atom stereocenters. The van der Waals surface area contributed by atoms with Crippen molar-refractivity contribution in [2.45, 2.75) is 58.7 Å². The molecule has 5 nitrogen and oxygen atoms in total. The summed E-state index contributed by atoms with van der Waals surface area (Å²) < 4.78 is 16.7. The van der Waals surface area contributed by atoms with Crippen LogP contribution in [0.1, 0.15) is 48.3 Å². The molecule has 0 atom stereocenters. The third-order valence-electron chi connectivity index (χ3n) is 5.58. The molecular weight excluding hydrogens is 328 g/mol. The maximum Gasteiger partial charge on any atom is 0.161 e. The number of hydrogen-bond donors (Lipinski definition) is 1. The van der Waals surface area contributed by atoms with Crippen molar-refractivity contribution in [3.05, 3.63) is 40.8 Å². The monoisotopic (exact) mass is 356 g/mol. The first kappa shape index (κ1) is 17.4. The fraction of sp³-hybridized carbons (Fsp3) is 0.571. The molecule has 2 aromatic rings. The number of nitrogens with zero attached hydrogens (tertiary/aromatic N) is 1. The number of hydrogen-bond acceptors (Lipinski definition) is 5. The largest absolute Gasteiger partial charge is 0.493 e. The van der Waals surface area contributed by atoms with E-state index in [-0.39, 0.29) is 0 Å². The van der Waals surface area contributed by atoms with Crippen molar-refractivity contribution >= 4 is 0 Å². The molecule has 0 amide bonds. The minimum atomic E-state index is 0.431. The van der Waals surface area contributed by atoms with E-state index < -0.39 is 0 Å². The van der Waals surface area contributed by atoms with E-state index in [9.17, 15) is 0 Å². The Labute approximate surface area is 155 Å². The normalized spacial score (nSPS) is 16.9. The standard InChI is InChI=1S/C21H28N2O3/c1-13-18(14(2)26-23-13)12-25-19-9-4-15(10-20(19)24-3)11-22-21(16-5-6-16)17-7-8-17/h4,9-10,16-17,21-22H,5-8,11-12H2,1-3H3. The summed E-state index contributed by atoms with van der Waals surface area (Å²) in [6, 6.07) is 6.90. The summed E-state index contributed by atoms with van der Waals surface area (Å²) in [5.74, 6) is 4.13. The van der Waals surface area contributed by atoms with Crippen LogP contribution >= 0.6 is 0 Å². The van der Waals surface area contributed by atoms with Crippen molar-refractivity contribution in [1.29, 1.82) is 0 Å². The van der Waals surface area contributed by atoms with Crippen LogP contribution in [0, 0.1) is 25.7 Å². The van der Waals surface area contributed by atoms with Gasteiger partial charge in [-0.05, 0) is 69.1 Å². The van der Waals surface area contributed by atoms with Crippen molar-refractivity contribution in [2.24, 2.45) is 11.8 Å². The van der Waals surface area contributed by atoms with Crippen LogP contribution < -0.4 is 14.8 Å². The second kappa shape index (κ2) is 7.31. The van der Waals surface area contributed by atoms with Gasteiger partial charge in [0.1, 0.15) is 12.4 Å². The highest BCUT2D eigenvalue weighted by Gasteiger charge is 2.40. The number of rotatable bonds is 9. The molecule has 0 aliphatic heterocycles. The fourth-order valence-electron chi connectivity index (χ4n) is 3.66. The van der Waals surface area contributed by atoms with Crippen LogP contribution in [-0.4, -0.2) is 18.3 Å². The number of aryl methyl sites for hydroxylation is 2. The van der Waals surface area contributed by atoms with Gasteiger partial charge in [0, 0.05) is 12.6 Å². The molecule has 0 saturated heterocycles. The summed E-state index contributed by atoms with van der Waals surface area (Å²) >= 11 is 0. The first-order chi connectivity index (χ1) is 12.7. The van der Waals surface area contributed by atoms with Gasteiger partial charge in [0.15, 0.2) is 11.5 Å². The highest BCUT2D eigenvalue weighted by atomic mass is 16.5. The Morgan fingerprint density at radius 3 is 2.46 bits per heavy atom. The lowest BCUT2D eigenvalue weighted by Crippen LogP contribution is -2.32. The van der Waals surface area contributed by atoms with Crippen molar-refractivity contribution < 1.29 is 14.0 Å². The molecule has 0 radical (unpaired) electrons. The summed E-state index contributed by atoms with van der Waals surface area (Å²) in [5, 5.41) is 7.75. The van der Waals surface area contributed by atoms with Crippen LogP contribution in [0.4, 0.5) is 0 Å². The first-order valence-corrected chi connectivity index (χ1v) is 9.60. The highest BCUT2D eigenvalue weighted by Crippen LogP contribution is 2.44. The molecule has 2 aliphatic carbocycles. The fourth-order valence-corrected chi connectivity index (χ4v) is 3.66. The highest BCUT2D eigenvalue weighted by molar-refractivity contribution is 5.43. The van der Waals surface area contributed by atoms with Crippen LogP contribution in [0.25, 0.3) is 0 Å². The lowest BCUT2D eigenvalue weighted by Gasteiger charge is -2.18. The average molecular weight is 356 g/mol. The molecule has 2 fully saturated rings. The van der Waals surface area contributed by atoms with E-state index in [0.29, 0.717) is 12.6 Å². The molecular formula is C21H28N2O3. The molecule has 0 bridgehead atoms. The van der Waals surface area contributed by atoms with Crippen LogP contribution in [0.3, 0.4) is 0 Å². The molecule has 2 saturated carbocycles. The Bertz CT molecular complexity index is 731. The van der Waals surface area contributed by atoms with E-state index in [2.05, 4.69) is 22.6 Å². The maximum atomic E-state index is 5.97. The molecule has 4 rings (SSSR count). The Hall–Kier alpha value is -2.01. The minimum Gasteiger partial charge on any atom is -0.493 e. The third kappa shape index (κ3) is 3.88. The predicted octanol–water partition coefficient (Wildman–Crippen LogP) is 4.16. The Morgan fingerprint density at radius 1 is 1.15 bits per heavy atom. The molecule has 1 N–H and O–H groups in total. The van der Waals surface area contributed by atoms with Crippen molar-refractivity contribution in [2.75, 3.05) is 7.11 Å². The molecule has 1 aromatic carbocycles. The van der Waals surface area contributed by atoms with Crippen LogP contribution in [-0.2, 0) is 13.2 Å². The third-order valence-corrected chi connectivity index (χ3v) is 5.58. The van der Waals surface area contributed by atoms with Gasteiger partial charge in [0.05, 0.1) is 18.4 Å². The molecule has 1 aromatic heterocycles. The van der Waals surface area contributed by atoms with E-state index in [1.165, 1.54) is 31.2 Å². The van der Waals surface area contributed by atoms with E-state index in [1.807, 2.05) is 19.9 Å². The van der Waals surface area contributed by atoms with Gasteiger partial charge in [-0.2, -0.15) is 0 Å². The molecule has 0 spiro atoms. The SMILES string of the molecule is COc1cc(CNC(C2CC2)C2CC2)ccc1OCc1c(C)noc1C. The maximum absolute atomic E-state index is 5.97. The van der Waals surface area contributed by atoms with Gasteiger partial charge < -0.3 is 19.3 Å². The lowest BCUT2D eigenvalue weighted by atomic mass is 10.1. The van der Waals surface area contributed by atoms with Gasteiger partial charge in [-0.3, -0.25) is 0 Å². The quantitative estimate of drug-likeness (QED) is 0.731. The number of methoxy groups -OCH3 is 1. The predicted molar refractivity (Wildman–Crippen MR) is 99.4 cm³/mol. The van der Waals surface area contributed by atoms with Crippen molar-refractivity contribution in [3.63, 3.8) is 0 Å². The summed E-state index contributed by atoms with van der Waals surface area (Å²) in [6.07, 6.45) is 5.58. The van der Waals surface area contributed by atoms with Gasteiger partial charge in [-0.1, -0.05) is 11.2 Å². The van der Waals surface area contributed by atoms with E-state index in [4.69, 9.17) is 14.0 Å². The molecule has 26 heavy (non-hydrogen) atoms. The summed E-state index contributed by atoms with van der Waals surface area (Å²) in [6.45, 7) is 5.15. The lowest BCUT2D eigenvalue weighted by molar-refractivity contribution is 0.281. The van der Waals surface area contributed by atoms with Crippen LogP contribution in [0.15, 0.2) is 22.7 Å². The van der Waals surface area contributed by atoms with Gasteiger partial charge in [-0.25, -0.2) is 0 Å². The Kier molecular flexibility index (Phi) is 4.90. The van der Waals surface area contributed by atoms with Gasteiger partial charge >= 0.3 is 0 Å². The Balaban J connectivity index is 1.39. The van der Waals surface area contributed by atoms with Crippen LogP contribution in [0.2, 0.25) is 0 Å². The summed E-state index contributed by atoms with van der Waals surface area (Å²) in [7, 11) is 1.69. The van der Waals surface area contributed by atoms with Crippen molar-refractivity contribution in [3.8, 4) is 11.5 Å². The average Bonchev–Trinajstić information content (AvgIpc) is 3.55. The van der Waals surface area contributed by atoms with Gasteiger partial charge in [0.25, 0.3) is 0 Å². The number of benzene rings is 1. The van der Waals surface area contributed by atoms with E-state index in [0.717, 1.165) is 46.9 Å². The second-order valence-corrected chi connectivity index (χ2v) is 7.66. The number of aromatic nitrogens is 1. The van der Waals surface area contributed by atoms with E-state index in [1.54, 1.807) is 7.11 Å². The zero-order chi connectivity index (χ0) is 18.1. The van der Waals surface area contributed by atoms with E-state index >= 15 is 0 Å². The molecule has 2 aliphatic rings. The van der Waals surface area contributed by atoms with Gasteiger partial charge in [0.2, 0.25) is 0 Å². The molecule has 1 heterocycles. The number of ether oxygens (including phenoxy) is 2. The zero-order valence-electron chi connectivity index (χ0n) is 15.9. The molecule has 140 valence electrons.